The monoisotopic (exact) mass is 497 g/mol. The Morgan fingerprint density at radius 2 is 2.23 bits per heavy atom. The molecule has 9 nitrogen and oxygen atoms in total. The van der Waals surface area contributed by atoms with Crippen LogP contribution in [0.25, 0.3) is 0 Å². The number of benzene rings is 1. The second-order valence-corrected chi connectivity index (χ2v) is 9.75. The Hall–Kier alpha value is -2.40. The average Bonchev–Trinajstić information content (AvgIpc) is 2.71. The summed E-state index contributed by atoms with van der Waals surface area (Å²) in [6.07, 6.45) is 4.52. The van der Waals surface area contributed by atoms with E-state index in [9.17, 15) is 9.00 Å². The van der Waals surface area contributed by atoms with Crippen molar-refractivity contribution >= 4 is 49.2 Å². The number of rotatable bonds is 3. The first-order chi connectivity index (χ1) is 14.4. The van der Waals surface area contributed by atoms with Crippen molar-refractivity contribution in [3.63, 3.8) is 0 Å². The maximum Gasteiger partial charge on any atom is 0.442 e. The van der Waals surface area contributed by atoms with Gasteiger partial charge in [0.1, 0.15) is 11.6 Å². The number of aromatic nitrogens is 2. The molecule has 0 saturated carbocycles. The van der Waals surface area contributed by atoms with Crippen LogP contribution in [0.15, 0.2) is 38.1 Å². The van der Waals surface area contributed by atoms with Crippen LogP contribution in [0.2, 0.25) is 0 Å². The van der Waals surface area contributed by atoms with Crippen LogP contribution in [-0.2, 0) is 14.5 Å². The lowest BCUT2D eigenvalue weighted by Gasteiger charge is -2.14. The van der Waals surface area contributed by atoms with E-state index < -0.39 is 15.8 Å². The molecule has 4 bridgehead atoms. The minimum absolute atomic E-state index is 0.229. The molecule has 1 amide bonds. The quantitative estimate of drug-likeness (QED) is 0.633. The Balaban J connectivity index is 1.96. The number of carbonyl (C=O) groups excluding carboxylic acids is 1. The van der Waals surface area contributed by atoms with E-state index in [2.05, 4.69) is 40.9 Å². The zero-order valence-electron chi connectivity index (χ0n) is 16.8. The lowest BCUT2D eigenvalue weighted by Crippen LogP contribution is -2.09. The number of anilines is 3. The average molecular weight is 498 g/mol. The number of amides is 1. The van der Waals surface area contributed by atoms with Crippen LogP contribution in [0, 0.1) is 0 Å². The molecule has 0 aliphatic carbocycles. The van der Waals surface area contributed by atoms with Crippen molar-refractivity contribution < 1.29 is 18.5 Å². The van der Waals surface area contributed by atoms with Gasteiger partial charge in [0.15, 0.2) is 0 Å². The highest BCUT2D eigenvalue weighted by molar-refractivity contribution is 9.10. The van der Waals surface area contributed by atoms with Gasteiger partial charge < -0.3 is 20.1 Å². The van der Waals surface area contributed by atoms with Crippen LogP contribution in [0.5, 0.6) is 5.75 Å². The van der Waals surface area contributed by atoms with E-state index >= 15 is 0 Å². The summed E-state index contributed by atoms with van der Waals surface area (Å²) in [5.41, 5.74) is 0.657. The third kappa shape index (κ3) is 5.82. The van der Waals surface area contributed by atoms with E-state index in [-0.39, 0.29) is 6.61 Å². The van der Waals surface area contributed by atoms with Crippen LogP contribution in [0.1, 0.15) is 26.2 Å². The van der Waals surface area contributed by atoms with Gasteiger partial charge in [-0.25, -0.2) is 14.0 Å². The summed E-state index contributed by atoms with van der Waals surface area (Å²) in [5.74, 6) is 1.50. The Morgan fingerprint density at radius 1 is 1.40 bits per heavy atom. The number of hydrogen-bond donors (Lipinski definition) is 2. The molecular formula is C19H24BrN5O4S. The molecule has 0 saturated heterocycles. The highest BCUT2D eigenvalue weighted by Gasteiger charge is 2.18. The second-order valence-electron chi connectivity index (χ2n) is 6.67. The minimum Gasteiger partial charge on any atom is -0.492 e. The van der Waals surface area contributed by atoms with Gasteiger partial charge in [0.2, 0.25) is 5.95 Å². The number of ether oxygens (including phenoxy) is 2. The van der Waals surface area contributed by atoms with Gasteiger partial charge in [0.25, 0.3) is 0 Å². The number of fused-ring (bicyclic) bond motifs is 4. The minimum atomic E-state index is -3.05. The molecule has 0 spiro atoms. The molecule has 2 N–H and O–H groups in total. The zero-order valence-corrected chi connectivity index (χ0v) is 19.2. The van der Waals surface area contributed by atoms with E-state index in [0.29, 0.717) is 47.7 Å². The molecule has 1 aromatic heterocycles. The molecule has 2 heterocycles. The van der Waals surface area contributed by atoms with E-state index in [1.54, 1.807) is 24.4 Å². The Kier molecular flexibility index (Phi) is 7.48. The molecule has 1 aromatic carbocycles. The fourth-order valence-corrected chi connectivity index (χ4v) is 4.29. The molecule has 1 aliphatic rings. The van der Waals surface area contributed by atoms with Crippen molar-refractivity contribution in [1.29, 1.82) is 0 Å². The standard InChI is InChI=1S/C19H24BrN5O4S/c1-3-9-29-19(26)25-30(2,27)16-7-6-13-11-15(16)28-10-5-4-8-21-17-14(20)12-22-18(23-13)24-17/h6-7,11-12H,3-5,8-10H2,1-2H3,(H2,21,22,23,24). The highest BCUT2D eigenvalue weighted by Crippen LogP contribution is 2.31. The van der Waals surface area contributed by atoms with Crippen LogP contribution >= 0.6 is 15.9 Å². The van der Waals surface area contributed by atoms with Gasteiger partial charge in [-0.1, -0.05) is 6.92 Å². The van der Waals surface area contributed by atoms with Crippen molar-refractivity contribution in [3.8, 4) is 5.75 Å². The van der Waals surface area contributed by atoms with Crippen LogP contribution in [-0.4, -0.2) is 46.3 Å². The predicted octanol–water partition coefficient (Wildman–Crippen LogP) is 4.57. The van der Waals surface area contributed by atoms with E-state index in [1.807, 2.05) is 6.92 Å². The van der Waals surface area contributed by atoms with Gasteiger partial charge in [-0.05, 0) is 47.3 Å². The summed E-state index contributed by atoms with van der Waals surface area (Å²) in [5, 5.41) is 6.39. The summed E-state index contributed by atoms with van der Waals surface area (Å²) in [4.78, 5) is 21.0. The Morgan fingerprint density at radius 3 is 3.03 bits per heavy atom. The number of nitrogens with zero attached hydrogens (tertiary/aromatic N) is 3. The smallest absolute Gasteiger partial charge is 0.442 e. The zero-order chi connectivity index (χ0) is 21.6. The normalized spacial score (nSPS) is 15.6. The topological polar surface area (TPSA) is 115 Å². The molecule has 1 unspecified atom stereocenters. The molecule has 1 aliphatic heterocycles. The van der Waals surface area contributed by atoms with Crippen LogP contribution < -0.4 is 15.4 Å². The number of halogens is 1. The SMILES string of the molecule is CCCOC(=O)N=S(C)(=O)c1ccc2cc1OCCCCNc1nc(ncc1Br)N2. The highest BCUT2D eigenvalue weighted by atomic mass is 79.9. The van der Waals surface area contributed by atoms with E-state index in [0.717, 1.165) is 17.3 Å². The third-order valence-electron chi connectivity index (χ3n) is 4.15. The summed E-state index contributed by atoms with van der Waals surface area (Å²) in [6.45, 7) is 3.25. The molecule has 162 valence electrons. The van der Waals surface area contributed by atoms with E-state index in [4.69, 9.17) is 9.47 Å². The van der Waals surface area contributed by atoms with Crippen molar-refractivity contribution in [2.75, 3.05) is 36.6 Å². The first-order valence-corrected chi connectivity index (χ1v) is 12.3. The van der Waals surface area contributed by atoms with Crippen molar-refractivity contribution in [3.05, 3.63) is 28.9 Å². The number of carbonyl (C=O) groups is 1. The lowest BCUT2D eigenvalue weighted by molar-refractivity contribution is 0.158. The van der Waals surface area contributed by atoms with Crippen molar-refractivity contribution in [2.24, 2.45) is 4.36 Å². The van der Waals surface area contributed by atoms with Gasteiger partial charge in [-0.2, -0.15) is 4.98 Å². The number of hydrogen-bond acceptors (Lipinski definition) is 8. The van der Waals surface area contributed by atoms with Gasteiger partial charge in [0.05, 0.1) is 32.3 Å². The lowest BCUT2D eigenvalue weighted by atomic mass is 10.3. The maximum atomic E-state index is 13.2. The molecular weight excluding hydrogens is 474 g/mol. The van der Waals surface area contributed by atoms with Gasteiger partial charge in [0, 0.05) is 30.8 Å². The van der Waals surface area contributed by atoms with E-state index in [1.165, 1.54) is 6.26 Å². The third-order valence-corrected chi connectivity index (χ3v) is 6.38. The van der Waals surface area contributed by atoms with Crippen LogP contribution in [0.4, 0.5) is 22.2 Å². The molecule has 3 rings (SSSR count). The molecule has 0 fully saturated rings. The molecule has 0 radical (unpaired) electrons. The molecule has 11 heteroatoms. The summed E-state index contributed by atoms with van der Waals surface area (Å²) < 4.78 is 28.6. The molecule has 30 heavy (non-hydrogen) atoms. The predicted molar refractivity (Wildman–Crippen MR) is 119 cm³/mol. The molecule has 1 atom stereocenters. The fraction of sp³-hybridized carbons (Fsp3) is 0.421. The fourth-order valence-electron chi connectivity index (χ4n) is 2.72. The first kappa shape index (κ1) is 22.3. The molecule has 2 aromatic rings. The van der Waals surface area contributed by atoms with Gasteiger partial charge in [-0.15, -0.1) is 4.36 Å². The largest absolute Gasteiger partial charge is 0.492 e. The second kappa shape index (κ2) is 10.1. The number of nitrogens with one attached hydrogen (secondary N) is 2. The van der Waals surface area contributed by atoms with Crippen molar-refractivity contribution in [1.82, 2.24) is 9.97 Å². The summed E-state index contributed by atoms with van der Waals surface area (Å²) in [6, 6.07) is 5.06. The van der Waals surface area contributed by atoms with Crippen molar-refractivity contribution in [2.45, 2.75) is 31.1 Å². The Bertz CT molecular complexity index is 1040. The van der Waals surface area contributed by atoms with Gasteiger partial charge >= 0.3 is 6.09 Å². The maximum absolute atomic E-state index is 13.2. The Labute approximate surface area is 184 Å². The summed E-state index contributed by atoms with van der Waals surface area (Å²) >= 11 is 3.44. The first-order valence-electron chi connectivity index (χ1n) is 9.58. The summed E-state index contributed by atoms with van der Waals surface area (Å²) in [7, 11) is -3.05. The van der Waals surface area contributed by atoms with Crippen LogP contribution in [0.3, 0.4) is 0 Å². The van der Waals surface area contributed by atoms with Gasteiger partial charge in [-0.3, -0.25) is 0 Å².